The lowest BCUT2D eigenvalue weighted by molar-refractivity contribution is 0.333. The fourth-order valence-electron chi connectivity index (χ4n) is 2.71. The minimum Gasteiger partial charge on any atom is -0.368 e. The molecule has 0 atom stereocenters. The summed E-state index contributed by atoms with van der Waals surface area (Å²) < 4.78 is 1.50. The predicted molar refractivity (Wildman–Crippen MR) is 82.0 cm³/mol. The van der Waals surface area contributed by atoms with E-state index in [-0.39, 0.29) is 11.9 Å². The maximum absolute atomic E-state index is 5.74. The van der Waals surface area contributed by atoms with Crippen LogP contribution >= 0.6 is 0 Å². The molecule has 7 heteroatoms. The summed E-state index contributed by atoms with van der Waals surface area (Å²) in [5, 5.41) is 4.04. The van der Waals surface area contributed by atoms with Crippen LogP contribution in [0, 0.1) is 0 Å². The molecule has 3 rings (SSSR count). The second-order valence-electron chi connectivity index (χ2n) is 5.40. The molecule has 0 bridgehead atoms. The van der Waals surface area contributed by atoms with E-state index >= 15 is 0 Å². The number of rotatable bonds is 5. The molecule has 21 heavy (non-hydrogen) atoms. The Hall–Kier alpha value is -2.15. The van der Waals surface area contributed by atoms with E-state index < -0.39 is 0 Å². The molecule has 0 amide bonds. The summed E-state index contributed by atoms with van der Waals surface area (Å²) in [7, 11) is 0. The lowest BCUT2D eigenvalue weighted by Crippen LogP contribution is -2.20. The van der Waals surface area contributed by atoms with Crippen LogP contribution < -0.4 is 11.5 Å². The Balaban J connectivity index is 1.57. The van der Waals surface area contributed by atoms with E-state index in [1.807, 2.05) is 12.1 Å². The Bertz CT molecular complexity index is 584. The van der Waals surface area contributed by atoms with Gasteiger partial charge < -0.3 is 16.4 Å². The van der Waals surface area contributed by atoms with E-state index in [1.54, 1.807) is 6.20 Å². The number of aryl methyl sites for hydroxylation is 1. The van der Waals surface area contributed by atoms with Crippen LogP contribution in [0.3, 0.4) is 0 Å². The minimum atomic E-state index is 0.169. The monoisotopic (exact) mass is 287 g/mol. The van der Waals surface area contributed by atoms with Crippen LogP contribution in [0.4, 0.5) is 11.9 Å². The van der Waals surface area contributed by atoms with Crippen molar-refractivity contribution in [1.82, 2.24) is 24.6 Å². The Morgan fingerprint density at radius 3 is 2.57 bits per heavy atom. The Morgan fingerprint density at radius 1 is 1.14 bits per heavy atom. The van der Waals surface area contributed by atoms with E-state index in [0.29, 0.717) is 0 Å². The van der Waals surface area contributed by atoms with Gasteiger partial charge in [-0.25, -0.2) is 0 Å². The maximum atomic E-state index is 5.74. The van der Waals surface area contributed by atoms with Crippen LogP contribution in [0.15, 0.2) is 18.3 Å². The van der Waals surface area contributed by atoms with Crippen molar-refractivity contribution in [2.45, 2.75) is 25.7 Å². The Morgan fingerprint density at radius 2 is 1.95 bits per heavy atom. The van der Waals surface area contributed by atoms with Gasteiger partial charge in [0.1, 0.15) is 0 Å². The molecule has 2 aromatic rings. The normalized spacial score (nSPS) is 15.6. The SMILES string of the molecule is Nc1nc(N)n(-c2ccc(CCCN3CCCC3)nc2)n1. The summed E-state index contributed by atoms with van der Waals surface area (Å²) in [5.74, 6) is 0.443. The first-order valence-electron chi connectivity index (χ1n) is 7.38. The number of hydrogen-bond acceptors (Lipinski definition) is 6. The number of pyridine rings is 1. The smallest absolute Gasteiger partial charge is 0.241 e. The van der Waals surface area contributed by atoms with Crippen molar-refractivity contribution in [2.75, 3.05) is 31.1 Å². The van der Waals surface area contributed by atoms with Gasteiger partial charge in [0.15, 0.2) is 0 Å². The Labute approximate surface area is 124 Å². The van der Waals surface area contributed by atoms with Crippen molar-refractivity contribution in [3.63, 3.8) is 0 Å². The third-order valence-electron chi connectivity index (χ3n) is 3.81. The van der Waals surface area contributed by atoms with Crippen LogP contribution in [-0.4, -0.2) is 44.3 Å². The standard InChI is InChI=1S/C14H21N7/c15-13-18-14(16)21(19-13)12-6-5-11(17-10-12)4-3-9-20-7-1-2-8-20/h5-6,10H,1-4,7-9H2,(H4,15,16,18,19). The highest BCUT2D eigenvalue weighted by Crippen LogP contribution is 2.13. The molecular formula is C14H21N7. The number of likely N-dealkylation sites (tertiary alicyclic amines) is 1. The quantitative estimate of drug-likeness (QED) is 0.846. The molecule has 112 valence electrons. The van der Waals surface area contributed by atoms with Crippen molar-refractivity contribution in [3.05, 3.63) is 24.0 Å². The van der Waals surface area contributed by atoms with Gasteiger partial charge in [-0.05, 0) is 57.5 Å². The average Bonchev–Trinajstić information content (AvgIpc) is 3.09. The van der Waals surface area contributed by atoms with Gasteiger partial charge in [0.25, 0.3) is 0 Å². The molecule has 0 aromatic carbocycles. The summed E-state index contributed by atoms with van der Waals surface area (Å²) in [4.78, 5) is 10.9. The van der Waals surface area contributed by atoms with Crippen LogP contribution in [-0.2, 0) is 6.42 Å². The summed E-state index contributed by atoms with van der Waals surface area (Å²) >= 11 is 0. The third-order valence-corrected chi connectivity index (χ3v) is 3.81. The Kier molecular flexibility index (Phi) is 4.01. The summed E-state index contributed by atoms with van der Waals surface area (Å²) in [6.45, 7) is 3.66. The van der Waals surface area contributed by atoms with Gasteiger partial charge in [-0.1, -0.05) is 0 Å². The number of nitrogen functional groups attached to an aromatic ring is 2. The van der Waals surface area contributed by atoms with Crippen molar-refractivity contribution < 1.29 is 0 Å². The highest BCUT2D eigenvalue weighted by Gasteiger charge is 2.11. The molecule has 7 nitrogen and oxygen atoms in total. The minimum absolute atomic E-state index is 0.169. The van der Waals surface area contributed by atoms with Gasteiger partial charge in [0.05, 0.1) is 11.9 Å². The first-order valence-corrected chi connectivity index (χ1v) is 7.38. The van der Waals surface area contributed by atoms with E-state index in [1.165, 1.54) is 30.6 Å². The molecule has 0 spiro atoms. The summed E-state index contributed by atoms with van der Waals surface area (Å²) in [5.41, 5.74) is 13.1. The van der Waals surface area contributed by atoms with Crippen molar-refractivity contribution in [2.24, 2.45) is 0 Å². The molecule has 1 aliphatic rings. The zero-order chi connectivity index (χ0) is 14.7. The molecule has 3 heterocycles. The van der Waals surface area contributed by atoms with E-state index in [2.05, 4.69) is 20.0 Å². The zero-order valence-electron chi connectivity index (χ0n) is 12.1. The number of nitrogens with zero attached hydrogens (tertiary/aromatic N) is 5. The molecule has 0 aliphatic carbocycles. The highest BCUT2D eigenvalue weighted by atomic mass is 15.4. The van der Waals surface area contributed by atoms with Crippen molar-refractivity contribution in [3.8, 4) is 5.69 Å². The average molecular weight is 287 g/mol. The maximum Gasteiger partial charge on any atom is 0.241 e. The second-order valence-corrected chi connectivity index (χ2v) is 5.40. The van der Waals surface area contributed by atoms with Gasteiger partial charge in [-0.2, -0.15) is 9.67 Å². The van der Waals surface area contributed by atoms with Crippen LogP contribution in [0.5, 0.6) is 0 Å². The largest absolute Gasteiger partial charge is 0.368 e. The van der Waals surface area contributed by atoms with Gasteiger partial charge in [-0.15, -0.1) is 5.10 Å². The van der Waals surface area contributed by atoms with Crippen LogP contribution in [0.25, 0.3) is 5.69 Å². The first-order chi connectivity index (χ1) is 10.2. The fourth-order valence-corrected chi connectivity index (χ4v) is 2.71. The van der Waals surface area contributed by atoms with Crippen LogP contribution in [0.1, 0.15) is 25.0 Å². The topological polar surface area (TPSA) is 98.9 Å². The number of aromatic nitrogens is 4. The molecule has 2 aromatic heterocycles. The fraction of sp³-hybridized carbons (Fsp3) is 0.500. The zero-order valence-corrected chi connectivity index (χ0v) is 12.1. The lowest BCUT2D eigenvalue weighted by atomic mass is 10.2. The highest BCUT2D eigenvalue weighted by molar-refractivity contribution is 5.39. The first kappa shape index (κ1) is 13.8. The number of hydrogen-bond donors (Lipinski definition) is 2. The van der Waals surface area contributed by atoms with Crippen LogP contribution in [0.2, 0.25) is 0 Å². The molecule has 0 unspecified atom stereocenters. The van der Waals surface area contributed by atoms with Crippen molar-refractivity contribution >= 4 is 11.9 Å². The summed E-state index contributed by atoms with van der Waals surface area (Å²) in [6.07, 6.45) is 6.58. The molecule has 4 N–H and O–H groups in total. The lowest BCUT2D eigenvalue weighted by Gasteiger charge is -2.13. The van der Waals surface area contributed by atoms with E-state index in [0.717, 1.165) is 30.8 Å². The molecule has 0 saturated carbocycles. The molecule has 1 fully saturated rings. The molecule has 1 aliphatic heterocycles. The van der Waals surface area contributed by atoms with E-state index in [9.17, 15) is 0 Å². The summed E-state index contributed by atoms with van der Waals surface area (Å²) in [6, 6.07) is 3.96. The van der Waals surface area contributed by atoms with Gasteiger partial charge in [0.2, 0.25) is 11.9 Å². The number of nitrogens with two attached hydrogens (primary N) is 2. The predicted octanol–water partition coefficient (Wildman–Crippen LogP) is 0.855. The van der Waals surface area contributed by atoms with Gasteiger partial charge in [-0.3, -0.25) is 4.98 Å². The van der Waals surface area contributed by atoms with Crippen molar-refractivity contribution in [1.29, 1.82) is 0 Å². The second kappa shape index (κ2) is 6.09. The molecular weight excluding hydrogens is 266 g/mol. The van der Waals surface area contributed by atoms with Gasteiger partial charge in [0, 0.05) is 5.69 Å². The van der Waals surface area contributed by atoms with Gasteiger partial charge >= 0.3 is 0 Å². The third kappa shape index (κ3) is 3.30. The molecule has 1 saturated heterocycles. The number of anilines is 2. The van der Waals surface area contributed by atoms with E-state index in [4.69, 9.17) is 11.5 Å². The molecule has 0 radical (unpaired) electrons.